The molecular formula is C24H25N3O5. The van der Waals surface area contributed by atoms with Crippen molar-refractivity contribution >= 4 is 18.0 Å². The largest absolute Gasteiger partial charge is 0.480 e. The van der Waals surface area contributed by atoms with Crippen molar-refractivity contribution in [1.29, 1.82) is 5.26 Å². The summed E-state index contributed by atoms with van der Waals surface area (Å²) in [6.07, 6.45) is 0.00669. The fraction of sp³-hybridized carbons (Fsp3) is 0.333. The summed E-state index contributed by atoms with van der Waals surface area (Å²) in [5.41, 5.74) is 4.35. The molecule has 2 unspecified atom stereocenters. The molecule has 0 bridgehead atoms. The molecular weight excluding hydrogens is 410 g/mol. The van der Waals surface area contributed by atoms with Gasteiger partial charge in [-0.25, -0.2) is 4.79 Å². The van der Waals surface area contributed by atoms with Crippen LogP contribution in [0.3, 0.4) is 0 Å². The SMILES string of the molecule is CC(NC(=O)C(CCCC#N)NC(=O)OCC1c2ccccc2-c2ccccc21)C(=O)O. The molecule has 0 saturated carbocycles. The molecule has 1 aliphatic rings. The first-order valence-electron chi connectivity index (χ1n) is 10.4. The normalized spacial score (nSPS) is 13.8. The number of fused-ring (bicyclic) bond motifs is 3. The van der Waals surface area contributed by atoms with Gasteiger partial charge in [-0.3, -0.25) is 9.59 Å². The summed E-state index contributed by atoms with van der Waals surface area (Å²) in [5.74, 6) is -1.94. The molecule has 0 aromatic heterocycles. The second-order valence-corrected chi connectivity index (χ2v) is 7.64. The van der Waals surface area contributed by atoms with Crippen molar-refractivity contribution in [3.63, 3.8) is 0 Å². The third kappa shape index (κ3) is 5.24. The van der Waals surface area contributed by atoms with Crippen LogP contribution in [-0.4, -0.2) is 41.8 Å². The number of benzene rings is 2. The number of aliphatic carboxylic acids is 1. The maximum Gasteiger partial charge on any atom is 0.407 e. The first kappa shape index (κ1) is 22.8. The van der Waals surface area contributed by atoms with E-state index in [-0.39, 0.29) is 25.4 Å². The maximum atomic E-state index is 12.5. The van der Waals surface area contributed by atoms with Crippen molar-refractivity contribution in [3.8, 4) is 17.2 Å². The van der Waals surface area contributed by atoms with E-state index in [4.69, 9.17) is 15.1 Å². The Morgan fingerprint density at radius 2 is 1.66 bits per heavy atom. The molecule has 32 heavy (non-hydrogen) atoms. The maximum absolute atomic E-state index is 12.5. The summed E-state index contributed by atoms with van der Waals surface area (Å²) in [6.45, 7) is 1.43. The second-order valence-electron chi connectivity index (χ2n) is 7.64. The number of ether oxygens (including phenoxy) is 1. The van der Waals surface area contributed by atoms with E-state index in [0.717, 1.165) is 22.3 Å². The van der Waals surface area contributed by atoms with Crippen LogP contribution in [0.2, 0.25) is 0 Å². The van der Waals surface area contributed by atoms with Crippen LogP contribution in [0.5, 0.6) is 0 Å². The number of hydrogen-bond acceptors (Lipinski definition) is 5. The quantitative estimate of drug-likeness (QED) is 0.519. The molecule has 2 aromatic rings. The summed E-state index contributed by atoms with van der Waals surface area (Å²) < 4.78 is 5.47. The van der Waals surface area contributed by atoms with E-state index >= 15 is 0 Å². The van der Waals surface area contributed by atoms with E-state index in [9.17, 15) is 14.4 Å². The van der Waals surface area contributed by atoms with E-state index < -0.39 is 30.1 Å². The average molecular weight is 435 g/mol. The molecule has 0 saturated heterocycles. The molecule has 8 nitrogen and oxygen atoms in total. The molecule has 166 valence electrons. The van der Waals surface area contributed by atoms with Crippen LogP contribution in [0.15, 0.2) is 48.5 Å². The van der Waals surface area contributed by atoms with Crippen LogP contribution >= 0.6 is 0 Å². The van der Waals surface area contributed by atoms with Gasteiger partial charge >= 0.3 is 12.1 Å². The first-order valence-corrected chi connectivity index (χ1v) is 10.4. The fourth-order valence-corrected chi connectivity index (χ4v) is 3.81. The Balaban J connectivity index is 1.65. The molecule has 2 atom stereocenters. The number of unbranched alkanes of at least 4 members (excludes halogenated alkanes) is 1. The van der Waals surface area contributed by atoms with Crippen molar-refractivity contribution in [2.24, 2.45) is 0 Å². The monoisotopic (exact) mass is 435 g/mol. The number of nitriles is 1. The Labute approximate surface area is 186 Å². The summed E-state index contributed by atoms with van der Waals surface area (Å²) in [6, 6.07) is 15.8. The van der Waals surface area contributed by atoms with E-state index in [1.54, 1.807) is 0 Å². The minimum atomic E-state index is -1.18. The minimum absolute atomic E-state index is 0.0952. The van der Waals surface area contributed by atoms with Gasteiger partial charge < -0.3 is 20.5 Å². The van der Waals surface area contributed by atoms with E-state index in [2.05, 4.69) is 10.6 Å². The number of hydrogen-bond donors (Lipinski definition) is 3. The number of amides is 2. The number of carbonyl (C=O) groups is 3. The summed E-state index contributed by atoms with van der Waals surface area (Å²) in [7, 11) is 0. The molecule has 0 fully saturated rings. The van der Waals surface area contributed by atoms with Gasteiger partial charge in [0.15, 0.2) is 0 Å². The molecule has 1 aliphatic carbocycles. The lowest BCUT2D eigenvalue weighted by atomic mass is 9.98. The standard InChI is InChI=1S/C24H25N3O5/c1-15(23(29)30)26-22(28)21(12-6-7-13-25)27-24(31)32-14-20-18-10-4-2-8-16(18)17-9-3-5-11-19(17)20/h2-5,8-11,15,20-21H,6-7,12,14H2,1H3,(H,26,28)(H,27,31)(H,29,30). The Bertz CT molecular complexity index is 1000. The van der Waals surface area contributed by atoms with Gasteiger partial charge in [0.2, 0.25) is 5.91 Å². The molecule has 8 heteroatoms. The first-order chi connectivity index (χ1) is 15.4. The van der Waals surface area contributed by atoms with Gasteiger partial charge in [0.25, 0.3) is 0 Å². The zero-order valence-corrected chi connectivity index (χ0v) is 17.7. The summed E-state index contributed by atoms with van der Waals surface area (Å²) >= 11 is 0. The van der Waals surface area contributed by atoms with Crippen molar-refractivity contribution in [3.05, 3.63) is 59.7 Å². The predicted octanol–water partition coefficient (Wildman–Crippen LogP) is 3.18. The second kappa shape index (κ2) is 10.4. The Hall–Kier alpha value is -3.86. The molecule has 3 N–H and O–H groups in total. The van der Waals surface area contributed by atoms with Crippen LogP contribution in [-0.2, 0) is 14.3 Å². The van der Waals surface area contributed by atoms with Crippen LogP contribution < -0.4 is 10.6 Å². The lowest BCUT2D eigenvalue weighted by Crippen LogP contribution is -2.50. The van der Waals surface area contributed by atoms with Crippen molar-refractivity contribution in [2.75, 3.05) is 6.61 Å². The molecule has 0 heterocycles. The lowest BCUT2D eigenvalue weighted by molar-refractivity contribution is -0.141. The van der Waals surface area contributed by atoms with Gasteiger partial charge in [-0.05, 0) is 42.0 Å². The summed E-state index contributed by atoms with van der Waals surface area (Å²) in [5, 5.41) is 22.6. The zero-order valence-electron chi connectivity index (χ0n) is 17.7. The van der Waals surface area contributed by atoms with Crippen molar-refractivity contribution in [1.82, 2.24) is 10.6 Å². The Morgan fingerprint density at radius 1 is 1.06 bits per heavy atom. The average Bonchev–Trinajstić information content (AvgIpc) is 3.10. The van der Waals surface area contributed by atoms with Crippen LogP contribution in [0, 0.1) is 11.3 Å². The zero-order chi connectivity index (χ0) is 23.1. The van der Waals surface area contributed by atoms with Gasteiger partial charge in [0.05, 0.1) is 6.07 Å². The van der Waals surface area contributed by atoms with Gasteiger partial charge in [-0.1, -0.05) is 48.5 Å². The van der Waals surface area contributed by atoms with Crippen LogP contribution in [0.4, 0.5) is 4.79 Å². The van der Waals surface area contributed by atoms with Gasteiger partial charge in [-0.2, -0.15) is 5.26 Å². The number of nitrogens with zero attached hydrogens (tertiary/aromatic N) is 1. The van der Waals surface area contributed by atoms with E-state index in [0.29, 0.717) is 6.42 Å². The molecule has 0 aliphatic heterocycles. The van der Waals surface area contributed by atoms with Crippen molar-refractivity contribution in [2.45, 2.75) is 44.2 Å². The van der Waals surface area contributed by atoms with Gasteiger partial charge in [0, 0.05) is 12.3 Å². The highest BCUT2D eigenvalue weighted by Gasteiger charge is 2.30. The number of alkyl carbamates (subject to hydrolysis) is 1. The number of carboxylic acid groups (broad SMARTS) is 1. The number of rotatable bonds is 9. The Kier molecular flexibility index (Phi) is 7.45. The number of carboxylic acids is 1. The molecule has 0 spiro atoms. The smallest absolute Gasteiger partial charge is 0.407 e. The summed E-state index contributed by atoms with van der Waals surface area (Å²) in [4.78, 5) is 36.0. The molecule has 2 aromatic carbocycles. The fourth-order valence-electron chi connectivity index (χ4n) is 3.81. The van der Waals surface area contributed by atoms with Crippen LogP contribution in [0.25, 0.3) is 11.1 Å². The third-order valence-corrected chi connectivity index (χ3v) is 5.46. The molecule has 3 rings (SSSR count). The predicted molar refractivity (Wildman–Crippen MR) is 117 cm³/mol. The van der Waals surface area contributed by atoms with E-state index in [1.807, 2.05) is 54.6 Å². The lowest BCUT2D eigenvalue weighted by Gasteiger charge is -2.20. The highest BCUT2D eigenvalue weighted by molar-refractivity contribution is 5.89. The highest BCUT2D eigenvalue weighted by Crippen LogP contribution is 2.44. The van der Waals surface area contributed by atoms with Gasteiger partial charge in [0.1, 0.15) is 18.7 Å². The van der Waals surface area contributed by atoms with E-state index in [1.165, 1.54) is 6.92 Å². The van der Waals surface area contributed by atoms with Crippen molar-refractivity contribution < 1.29 is 24.2 Å². The third-order valence-electron chi connectivity index (χ3n) is 5.46. The number of nitrogens with one attached hydrogen (secondary N) is 2. The Morgan fingerprint density at radius 3 is 2.22 bits per heavy atom. The molecule has 0 radical (unpaired) electrons. The highest BCUT2D eigenvalue weighted by atomic mass is 16.5. The number of carbonyl (C=O) groups excluding carboxylic acids is 2. The molecule has 2 amide bonds. The van der Waals surface area contributed by atoms with Gasteiger partial charge in [-0.15, -0.1) is 0 Å². The van der Waals surface area contributed by atoms with Crippen LogP contribution in [0.1, 0.15) is 43.2 Å². The topological polar surface area (TPSA) is 129 Å². The minimum Gasteiger partial charge on any atom is -0.480 e.